The number of hydrogen-bond acceptors (Lipinski definition) is 3. The lowest BCUT2D eigenvalue weighted by atomic mass is 9.90. The van der Waals surface area contributed by atoms with E-state index in [1.54, 1.807) is 0 Å². The fraction of sp³-hybridized carbons (Fsp3) is 1.00. The van der Waals surface area contributed by atoms with Gasteiger partial charge in [0.25, 0.3) is 0 Å². The second-order valence-corrected chi connectivity index (χ2v) is 5.73. The normalized spacial score (nSPS) is 28.8. The lowest BCUT2D eigenvalue weighted by Crippen LogP contribution is -2.46. The number of rotatable bonds is 8. The summed E-state index contributed by atoms with van der Waals surface area (Å²) in [7, 11) is 0. The Morgan fingerprint density at radius 2 is 2.06 bits per heavy atom. The molecule has 0 radical (unpaired) electrons. The predicted octanol–water partition coefficient (Wildman–Crippen LogP) is 2.66. The molecule has 1 N–H and O–H groups in total. The van der Waals surface area contributed by atoms with Gasteiger partial charge in [-0.25, -0.2) is 0 Å². The summed E-state index contributed by atoms with van der Waals surface area (Å²) >= 11 is 0. The minimum Gasteiger partial charge on any atom is -0.375 e. The molecule has 1 saturated heterocycles. The van der Waals surface area contributed by atoms with Crippen molar-refractivity contribution in [2.24, 2.45) is 0 Å². The van der Waals surface area contributed by atoms with E-state index >= 15 is 0 Å². The average Bonchev–Trinajstić information content (AvgIpc) is 2.38. The largest absolute Gasteiger partial charge is 0.375 e. The van der Waals surface area contributed by atoms with E-state index in [9.17, 15) is 0 Å². The highest BCUT2D eigenvalue weighted by Gasteiger charge is 2.31. The third kappa shape index (κ3) is 5.25. The van der Waals surface area contributed by atoms with Crippen LogP contribution in [0.3, 0.4) is 0 Å². The summed E-state index contributed by atoms with van der Waals surface area (Å²) in [6, 6.07) is 0.643. The van der Waals surface area contributed by atoms with Crippen molar-refractivity contribution in [1.82, 2.24) is 10.2 Å². The Bertz CT molecular complexity index is 223. The zero-order chi connectivity index (χ0) is 13.4. The smallest absolute Gasteiger partial charge is 0.0666 e. The van der Waals surface area contributed by atoms with Crippen molar-refractivity contribution >= 4 is 0 Å². The Balaban J connectivity index is 2.22. The van der Waals surface area contributed by atoms with Crippen molar-refractivity contribution in [3.05, 3.63) is 0 Å². The summed E-state index contributed by atoms with van der Waals surface area (Å²) in [4.78, 5) is 2.52. The molecule has 108 valence electrons. The third-order valence-corrected chi connectivity index (χ3v) is 4.19. The maximum Gasteiger partial charge on any atom is 0.0666 e. The van der Waals surface area contributed by atoms with Crippen LogP contribution in [0.4, 0.5) is 0 Å². The van der Waals surface area contributed by atoms with E-state index in [0.717, 1.165) is 39.0 Å². The van der Waals surface area contributed by atoms with Gasteiger partial charge >= 0.3 is 0 Å². The first kappa shape index (κ1) is 15.9. The van der Waals surface area contributed by atoms with Gasteiger partial charge in [0.1, 0.15) is 0 Å². The van der Waals surface area contributed by atoms with E-state index in [4.69, 9.17) is 4.74 Å². The monoisotopic (exact) mass is 256 g/mol. The maximum atomic E-state index is 5.88. The summed E-state index contributed by atoms with van der Waals surface area (Å²) in [6.45, 7) is 14.5. The van der Waals surface area contributed by atoms with Gasteiger partial charge in [-0.05, 0) is 45.7 Å². The number of likely N-dealkylation sites (N-methyl/N-ethyl adjacent to an activating group) is 1. The van der Waals surface area contributed by atoms with Gasteiger partial charge in [0, 0.05) is 25.7 Å². The number of nitrogens with one attached hydrogen (secondary N) is 1. The Morgan fingerprint density at radius 1 is 1.28 bits per heavy atom. The lowest BCUT2D eigenvalue weighted by Gasteiger charge is -2.38. The first-order chi connectivity index (χ1) is 8.63. The molecule has 0 amide bonds. The Kier molecular flexibility index (Phi) is 7.20. The molecular formula is C15H32N2O. The third-order valence-electron chi connectivity index (χ3n) is 4.19. The zero-order valence-corrected chi connectivity index (χ0v) is 12.8. The molecule has 2 unspecified atom stereocenters. The average molecular weight is 256 g/mol. The van der Waals surface area contributed by atoms with E-state index in [2.05, 4.69) is 37.9 Å². The summed E-state index contributed by atoms with van der Waals surface area (Å²) in [6.07, 6.45) is 4.68. The van der Waals surface area contributed by atoms with Gasteiger partial charge in [-0.3, -0.25) is 0 Å². The summed E-state index contributed by atoms with van der Waals surface area (Å²) < 4.78 is 5.88. The second-order valence-electron chi connectivity index (χ2n) is 5.73. The molecular weight excluding hydrogens is 224 g/mol. The fourth-order valence-electron chi connectivity index (χ4n) is 2.72. The molecule has 0 aromatic rings. The lowest BCUT2D eigenvalue weighted by molar-refractivity contribution is -0.0779. The Morgan fingerprint density at radius 3 is 2.67 bits per heavy atom. The molecule has 1 heterocycles. The summed E-state index contributed by atoms with van der Waals surface area (Å²) in [5, 5.41) is 3.71. The standard InChI is InChI=1S/C15H32N2O/c1-5-10-17(7-3)11-9-16-14-8-12-18-15(4,6-2)13-14/h14,16H,5-13H2,1-4H3. The molecule has 0 aromatic carbocycles. The molecule has 0 bridgehead atoms. The van der Waals surface area contributed by atoms with Crippen molar-refractivity contribution in [2.45, 2.75) is 65.0 Å². The van der Waals surface area contributed by atoms with Crippen LogP contribution in [0.25, 0.3) is 0 Å². The summed E-state index contributed by atoms with van der Waals surface area (Å²) in [5.74, 6) is 0. The number of ether oxygens (including phenoxy) is 1. The van der Waals surface area contributed by atoms with Crippen LogP contribution in [0.2, 0.25) is 0 Å². The maximum absolute atomic E-state index is 5.88. The van der Waals surface area contributed by atoms with Crippen molar-refractivity contribution in [3.63, 3.8) is 0 Å². The molecule has 3 heteroatoms. The van der Waals surface area contributed by atoms with Gasteiger partial charge < -0.3 is 15.0 Å². The Labute approximate surface area is 113 Å². The van der Waals surface area contributed by atoms with Crippen molar-refractivity contribution in [3.8, 4) is 0 Å². The van der Waals surface area contributed by atoms with E-state index in [-0.39, 0.29) is 5.60 Å². The number of hydrogen-bond donors (Lipinski definition) is 1. The molecule has 1 rings (SSSR count). The van der Waals surface area contributed by atoms with Gasteiger partial charge in [-0.15, -0.1) is 0 Å². The first-order valence-electron chi connectivity index (χ1n) is 7.73. The van der Waals surface area contributed by atoms with Crippen LogP contribution in [-0.4, -0.2) is 49.3 Å². The van der Waals surface area contributed by atoms with Crippen molar-refractivity contribution in [2.75, 3.05) is 32.8 Å². The highest BCUT2D eigenvalue weighted by Crippen LogP contribution is 2.27. The molecule has 1 fully saturated rings. The van der Waals surface area contributed by atoms with Crippen LogP contribution in [0.1, 0.15) is 53.4 Å². The second kappa shape index (κ2) is 8.13. The predicted molar refractivity (Wildman–Crippen MR) is 78.1 cm³/mol. The van der Waals surface area contributed by atoms with Crippen LogP contribution < -0.4 is 5.32 Å². The van der Waals surface area contributed by atoms with Crippen molar-refractivity contribution < 1.29 is 4.74 Å². The van der Waals surface area contributed by atoms with Gasteiger partial charge in [-0.1, -0.05) is 20.8 Å². The molecule has 18 heavy (non-hydrogen) atoms. The van der Waals surface area contributed by atoms with Crippen LogP contribution in [0.5, 0.6) is 0 Å². The van der Waals surface area contributed by atoms with Gasteiger partial charge in [0.05, 0.1) is 5.60 Å². The van der Waals surface area contributed by atoms with Crippen LogP contribution in [-0.2, 0) is 4.74 Å². The van der Waals surface area contributed by atoms with Crippen LogP contribution >= 0.6 is 0 Å². The van der Waals surface area contributed by atoms with E-state index in [1.165, 1.54) is 19.5 Å². The van der Waals surface area contributed by atoms with Crippen LogP contribution in [0, 0.1) is 0 Å². The zero-order valence-electron chi connectivity index (χ0n) is 12.8. The van der Waals surface area contributed by atoms with E-state index < -0.39 is 0 Å². The fourth-order valence-corrected chi connectivity index (χ4v) is 2.72. The molecule has 0 aliphatic carbocycles. The first-order valence-corrected chi connectivity index (χ1v) is 7.73. The minimum atomic E-state index is 0.101. The topological polar surface area (TPSA) is 24.5 Å². The SMILES string of the molecule is CCCN(CC)CCNC1CCOC(C)(CC)C1. The molecule has 1 aliphatic heterocycles. The molecule has 3 nitrogen and oxygen atoms in total. The minimum absolute atomic E-state index is 0.101. The highest BCUT2D eigenvalue weighted by molar-refractivity contribution is 4.85. The van der Waals surface area contributed by atoms with Crippen molar-refractivity contribution in [1.29, 1.82) is 0 Å². The summed E-state index contributed by atoms with van der Waals surface area (Å²) in [5.41, 5.74) is 0.101. The van der Waals surface area contributed by atoms with E-state index in [1.807, 2.05) is 0 Å². The molecule has 0 aromatic heterocycles. The highest BCUT2D eigenvalue weighted by atomic mass is 16.5. The number of nitrogens with zero attached hydrogens (tertiary/aromatic N) is 1. The van der Waals surface area contributed by atoms with Gasteiger partial charge in [-0.2, -0.15) is 0 Å². The molecule has 1 aliphatic rings. The van der Waals surface area contributed by atoms with Crippen LogP contribution in [0.15, 0.2) is 0 Å². The van der Waals surface area contributed by atoms with Gasteiger partial charge in [0.15, 0.2) is 0 Å². The van der Waals surface area contributed by atoms with Gasteiger partial charge in [0.2, 0.25) is 0 Å². The quantitative estimate of drug-likeness (QED) is 0.722. The molecule has 2 atom stereocenters. The Hall–Kier alpha value is -0.120. The van der Waals surface area contributed by atoms with E-state index in [0.29, 0.717) is 6.04 Å². The molecule has 0 saturated carbocycles. The molecule has 0 spiro atoms.